The van der Waals surface area contributed by atoms with Crippen LogP contribution in [0.2, 0.25) is 5.02 Å². The number of aryl methyl sites for hydroxylation is 1. The van der Waals surface area contributed by atoms with E-state index in [1.807, 2.05) is 6.92 Å². The van der Waals surface area contributed by atoms with Gasteiger partial charge in [0.05, 0.1) is 0 Å². The van der Waals surface area contributed by atoms with Crippen LogP contribution in [0, 0.1) is 12.7 Å². The molecule has 0 saturated heterocycles. The van der Waals surface area contributed by atoms with E-state index in [0.717, 1.165) is 5.56 Å². The molecule has 0 heterocycles. The summed E-state index contributed by atoms with van der Waals surface area (Å²) in [6.45, 7) is 1.86. The predicted octanol–water partition coefficient (Wildman–Crippen LogP) is 3.87. The van der Waals surface area contributed by atoms with Crippen molar-refractivity contribution in [1.82, 2.24) is 0 Å². The van der Waals surface area contributed by atoms with Crippen molar-refractivity contribution >= 4 is 11.6 Å². The molecular weight excluding hydrogens is 239 g/mol. The molecule has 2 rings (SSSR count). The van der Waals surface area contributed by atoms with Gasteiger partial charge in [-0.25, -0.2) is 4.39 Å². The Morgan fingerprint density at radius 2 is 1.76 bits per heavy atom. The van der Waals surface area contributed by atoms with Gasteiger partial charge in [-0.05, 0) is 30.7 Å². The first kappa shape index (κ1) is 12.1. The minimum Gasteiger partial charge on any atom is -0.384 e. The monoisotopic (exact) mass is 250 g/mol. The average Bonchev–Trinajstić information content (AvgIpc) is 2.32. The van der Waals surface area contributed by atoms with E-state index in [0.29, 0.717) is 10.6 Å². The van der Waals surface area contributed by atoms with Crippen LogP contribution >= 0.6 is 11.6 Å². The van der Waals surface area contributed by atoms with Gasteiger partial charge in [0.1, 0.15) is 11.9 Å². The van der Waals surface area contributed by atoms with E-state index in [1.165, 1.54) is 6.07 Å². The maximum Gasteiger partial charge on any atom is 0.129 e. The second-order valence-electron chi connectivity index (χ2n) is 3.98. The van der Waals surface area contributed by atoms with Gasteiger partial charge in [-0.1, -0.05) is 41.4 Å². The lowest BCUT2D eigenvalue weighted by Crippen LogP contribution is -2.02. The first-order valence-corrected chi connectivity index (χ1v) is 5.65. The molecule has 1 unspecified atom stereocenters. The van der Waals surface area contributed by atoms with Crippen LogP contribution in [0.1, 0.15) is 22.8 Å². The molecule has 0 amide bonds. The molecular formula is C14H12ClFO. The first-order valence-electron chi connectivity index (χ1n) is 5.27. The van der Waals surface area contributed by atoms with E-state index < -0.39 is 11.9 Å². The van der Waals surface area contributed by atoms with Gasteiger partial charge >= 0.3 is 0 Å². The number of hydrogen-bond donors (Lipinski definition) is 1. The molecule has 0 aliphatic carbocycles. The van der Waals surface area contributed by atoms with Gasteiger partial charge in [0.2, 0.25) is 0 Å². The molecule has 88 valence electrons. The lowest BCUT2D eigenvalue weighted by molar-refractivity contribution is 0.215. The molecule has 1 atom stereocenters. The molecule has 2 aromatic rings. The summed E-state index contributed by atoms with van der Waals surface area (Å²) >= 11 is 5.76. The molecule has 0 radical (unpaired) electrons. The third kappa shape index (κ3) is 2.65. The second-order valence-corrected chi connectivity index (χ2v) is 4.42. The highest BCUT2D eigenvalue weighted by Gasteiger charge is 2.14. The maximum absolute atomic E-state index is 13.6. The van der Waals surface area contributed by atoms with Crippen LogP contribution in [0.25, 0.3) is 0 Å². The Morgan fingerprint density at radius 3 is 2.41 bits per heavy atom. The first-order chi connectivity index (χ1) is 8.08. The summed E-state index contributed by atoms with van der Waals surface area (Å²) in [5, 5.41) is 10.7. The largest absolute Gasteiger partial charge is 0.384 e. The molecule has 0 spiro atoms. The zero-order valence-corrected chi connectivity index (χ0v) is 10.1. The van der Waals surface area contributed by atoms with Crippen LogP contribution in [0.15, 0.2) is 42.5 Å². The standard InChI is InChI=1S/C14H12ClFO/c1-9-2-7-13(16)12(8-9)14(17)10-3-5-11(15)6-4-10/h2-8,14,17H,1H3. The normalized spacial score (nSPS) is 12.5. The number of aliphatic hydroxyl groups excluding tert-OH is 1. The van der Waals surface area contributed by atoms with Crippen LogP contribution < -0.4 is 0 Å². The summed E-state index contributed by atoms with van der Waals surface area (Å²) in [6, 6.07) is 11.4. The van der Waals surface area contributed by atoms with Gasteiger partial charge < -0.3 is 5.11 Å². The predicted molar refractivity (Wildman–Crippen MR) is 66.7 cm³/mol. The smallest absolute Gasteiger partial charge is 0.129 e. The average molecular weight is 251 g/mol. The molecule has 17 heavy (non-hydrogen) atoms. The summed E-state index contributed by atoms with van der Waals surface area (Å²) in [5.41, 5.74) is 1.82. The van der Waals surface area contributed by atoms with E-state index >= 15 is 0 Å². The van der Waals surface area contributed by atoms with Gasteiger partial charge in [0, 0.05) is 10.6 Å². The lowest BCUT2D eigenvalue weighted by atomic mass is 9.99. The molecule has 0 aromatic heterocycles. The molecule has 0 saturated carbocycles. The van der Waals surface area contributed by atoms with Crippen LogP contribution in [0.5, 0.6) is 0 Å². The zero-order valence-electron chi connectivity index (χ0n) is 9.32. The summed E-state index contributed by atoms with van der Waals surface area (Å²) in [6.07, 6.45) is -0.966. The van der Waals surface area contributed by atoms with Crippen molar-refractivity contribution in [3.05, 3.63) is 70.0 Å². The van der Waals surface area contributed by atoms with E-state index in [1.54, 1.807) is 36.4 Å². The molecule has 1 N–H and O–H groups in total. The quantitative estimate of drug-likeness (QED) is 0.858. The Kier molecular flexibility index (Phi) is 3.46. The van der Waals surface area contributed by atoms with Crippen LogP contribution in [-0.4, -0.2) is 5.11 Å². The van der Waals surface area contributed by atoms with Crippen molar-refractivity contribution in [2.45, 2.75) is 13.0 Å². The molecule has 0 bridgehead atoms. The van der Waals surface area contributed by atoms with Crippen LogP contribution in [0.4, 0.5) is 4.39 Å². The van der Waals surface area contributed by atoms with Gasteiger partial charge in [0.15, 0.2) is 0 Å². The van der Waals surface area contributed by atoms with Crippen molar-refractivity contribution in [2.24, 2.45) is 0 Å². The molecule has 0 aliphatic heterocycles. The topological polar surface area (TPSA) is 20.2 Å². The molecule has 1 nitrogen and oxygen atoms in total. The number of halogens is 2. The number of hydrogen-bond acceptors (Lipinski definition) is 1. The Balaban J connectivity index is 2.39. The summed E-state index contributed by atoms with van der Waals surface area (Å²) < 4.78 is 13.6. The highest BCUT2D eigenvalue weighted by atomic mass is 35.5. The Hall–Kier alpha value is -1.38. The molecule has 0 aliphatic rings. The van der Waals surface area contributed by atoms with Gasteiger partial charge in [-0.3, -0.25) is 0 Å². The van der Waals surface area contributed by atoms with Crippen LogP contribution in [-0.2, 0) is 0 Å². The van der Waals surface area contributed by atoms with Gasteiger partial charge in [-0.2, -0.15) is 0 Å². The van der Waals surface area contributed by atoms with Gasteiger partial charge in [0.25, 0.3) is 0 Å². The van der Waals surface area contributed by atoms with Crippen molar-refractivity contribution in [3.8, 4) is 0 Å². The van der Waals surface area contributed by atoms with Crippen molar-refractivity contribution in [3.63, 3.8) is 0 Å². The lowest BCUT2D eigenvalue weighted by Gasteiger charge is -2.13. The SMILES string of the molecule is Cc1ccc(F)c(C(O)c2ccc(Cl)cc2)c1. The Morgan fingerprint density at radius 1 is 1.12 bits per heavy atom. The second kappa shape index (κ2) is 4.86. The zero-order chi connectivity index (χ0) is 12.4. The molecule has 2 aromatic carbocycles. The van der Waals surface area contributed by atoms with E-state index in [2.05, 4.69) is 0 Å². The maximum atomic E-state index is 13.6. The van der Waals surface area contributed by atoms with E-state index in [-0.39, 0.29) is 5.56 Å². The highest BCUT2D eigenvalue weighted by Crippen LogP contribution is 2.26. The molecule has 3 heteroatoms. The van der Waals surface area contributed by atoms with Crippen LogP contribution in [0.3, 0.4) is 0 Å². The number of aliphatic hydroxyl groups is 1. The minimum absolute atomic E-state index is 0.285. The fourth-order valence-corrected chi connectivity index (χ4v) is 1.82. The number of rotatable bonds is 2. The Labute approximate surface area is 104 Å². The van der Waals surface area contributed by atoms with Crippen molar-refractivity contribution in [1.29, 1.82) is 0 Å². The minimum atomic E-state index is -0.966. The summed E-state index contributed by atoms with van der Waals surface area (Å²) in [7, 11) is 0. The third-order valence-corrected chi connectivity index (χ3v) is 2.88. The molecule has 0 fully saturated rings. The fraction of sp³-hybridized carbons (Fsp3) is 0.143. The van der Waals surface area contributed by atoms with Crippen molar-refractivity contribution in [2.75, 3.05) is 0 Å². The summed E-state index contributed by atoms with van der Waals surface area (Å²) in [5.74, 6) is -0.405. The van der Waals surface area contributed by atoms with Crippen molar-refractivity contribution < 1.29 is 9.50 Å². The third-order valence-electron chi connectivity index (χ3n) is 2.63. The van der Waals surface area contributed by atoms with Gasteiger partial charge in [-0.15, -0.1) is 0 Å². The summed E-state index contributed by atoms with van der Waals surface area (Å²) in [4.78, 5) is 0. The van der Waals surface area contributed by atoms with E-state index in [9.17, 15) is 9.50 Å². The fourth-order valence-electron chi connectivity index (χ4n) is 1.70. The Bertz CT molecular complexity index is 522. The highest BCUT2D eigenvalue weighted by molar-refractivity contribution is 6.30. The van der Waals surface area contributed by atoms with E-state index in [4.69, 9.17) is 11.6 Å². The number of benzene rings is 2.